The molecule has 0 aliphatic heterocycles. The summed E-state index contributed by atoms with van der Waals surface area (Å²) >= 11 is 10.6. The van der Waals surface area contributed by atoms with Crippen molar-refractivity contribution in [3.8, 4) is 0 Å². The summed E-state index contributed by atoms with van der Waals surface area (Å²) in [4.78, 5) is 5.92. The van der Waals surface area contributed by atoms with Gasteiger partial charge < -0.3 is 0 Å². The molecule has 1 rings (SSSR count). The van der Waals surface area contributed by atoms with Gasteiger partial charge in [-0.2, -0.15) is 13.8 Å². The maximum absolute atomic E-state index is 12.4. The molecule has 1 heterocycles. The molecule has 0 spiro atoms. The van der Waals surface area contributed by atoms with E-state index in [-0.39, 0.29) is 16.6 Å². The fourth-order valence-electron chi connectivity index (χ4n) is 0.523. The molecule has 60 valence electrons. The number of aromatic nitrogens is 2. The second kappa shape index (κ2) is 3.28. The predicted octanol–water partition coefficient (Wildman–Crippen LogP) is 2.15. The van der Waals surface area contributed by atoms with Crippen molar-refractivity contribution in [1.82, 2.24) is 9.97 Å². The van der Waals surface area contributed by atoms with Crippen LogP contribution in [0.5, 0.6) is 0 Å². The Bertz CT molecular complexity index is 279. The third-order valence-electron chi connectivity index (χ3n) is 0.979. The average molecular weight is 199 g/mol. The van der Waals surface area contributed by atoms with E-state index in [1.165, 1.54) is 0 Å². The molecule has 0 saturated heterocycles. The van der Waals surface area contributed by atoms with Gasteiger partial charge in [0.05, 0.1) is 11.6 Å². The van der Waals surface area contributed by atoms with Crippen LogP contribution >= 0.6 is 23.2 Å². The van der Waals surface area contributed by atoms with Crippen LogP contribution in [0, 0.1) is 12.0 Å². The Kier molecular flexibility index (Phi) is 2.57. The van der Waals surface area contributed by atoms with Crippen LogP contribution < -0.4 is 0 Å². The van der Waals surface area contributed by atoms with E-state index in [1.807, 2.05) is 0 Å². The molecule has 0 aromatic carbocycles. The molecule has 0 radical (unpaired) electrons. The maximum Gasteiger partial charge on any atom is 0.311 e. The summed E-state index contributed by atoms with van der Waals surface area (Å²) in [7, 11) is 0. The van der Waals surface area contributed by atoms with E-state index in [9.17, 15) is 8.78 Å². The third-order valence-corrected chi connectivity index (χ3v) is 1.61. The quantitative estimate of drug-likeness (QED) is 0.393. The molecule has 1 aromatic heterocycles. The summed E-state index contributed by atoms with van der Waals surface area (Å²) in [6, 6.07) is 0. The molecule has 2 nitrogen and oxygen atoms in total. The summed E-state index contributed by atoms with van der Waals surface area (Å²) in [5.74, 6) is -1.23. The number of rotatable bonds is 1. The van der Waals surface area contributed by atoms with Crippen LogP contribution in [0.15, 0.2) is 0 Å². The lowest BCUT2D eigenvalue weighted by atomic mass is 10.4. The molecule has 0 N–H and O–H groups in total. The SMILES string of the molecule is Fc1nc(F)c(Cl)c(CCl)n1. The highest BCUT2D eigenvalue weighted by Gasteiger charge is 2.10. The molecule has 0 fully saturated rings. The van der Waals surface area contributed by atoms with Gasteiger partial charge >= 0.3 is 6.08 Å². The van der Waals surface area contributed by atoms with Crippen molar-refractivity contribution in [3.05, 3.63) is 22.7 Å². The third kappa shape index (κ3) is 1.75. The fraction of sp³-hybridized carbons (Fsp3) is 0.200. The number of hydrogen-bond donors (Lipinski definition) is 0. The van der Waals surface area contributed by atoms with Crippen molar-refractivity contribution in [2.24, 2.45) is 0 Å². The highest BCUT2D eigenvalue weighted by atomic mass is 35.5. The van der Waals surface area contributed by atoms with Crippen LogP contribution in [-0.2, 0) is 5.88 Å². The summed E-state index contributed by atoms with van der Waals surface area (Å²) in [6.07, 6.45) is -1.16. The van der Waals surface area contributed by atoms with Gasteiger partial charge in [0.1, 0.15) is 5.02 Å². The van der Waals surface area contributed by atoms with Gasteiger partial charge in [-0.05, 0) is 0 Å². The lowest BCUT2D eigenvalue weighted by Crippen LogP contribution is -1.99. The molecule has 0 saturated carbocycles. The van der Waals surface area contributed by atoms with Gasteiger partial charge in [0.2, 0.25) is 5.95 Å². The minimum atomic E-state index is -1.16. The minimum Gasteiger partial charge on any atom is -0.204 e. The Morgan fingerprint density at radius 1 is 1.27 bits per heavy atom. The highest BCUT2D eigenvalue weighted by molar-refractivity contribution is 6.32. The molecule has 0 aliphatic rings. The van der Waals surface area contributed by atoms with Gasteiger partial charge in [0.15, 0.2) is 0 Å². The van der Waals surface area contributed by atoms with Crippen molar-refractivity contribution in [1.29, 1.82) is 0 Å². The van der Waals surface area contributed by atoms with Crippen molar-refractivity contribution in [3.63, 3.8) is 0 Å². The fourth-order valence-corrected chi connectivity index (χ4v) is 0.936. The number of halogens is 4. The Morgan fingerprint density at radius 2 is 1.91 bits per heavy atom. The van der Waals surface area contributed by atoms with Crippen LogP contribution in [0.2, 0.25) is 5.02 Å². The molecular weight excluding hydrogens is 197 g/mol. The lowest BCUT2D eigenvalue weighted by Gasteiger charge is -1.97. The number of hydrogen-bond acceptors (Lipinski definition) is 2. The van der Waals surface area contributed by atoms with E-state index in [0.29, 0.717) is 0 Å². The van der Waals surface area contributed by atoms with Gasteiger partial charge in [-0.25, -0.2) is 4.98 Å². The predicted molar refractivity (Wildman–Crippen MR) is 36.5 cm³/mol. The van der Waals surface area contributed by atoms with Gasteiger partial charge in [-0.3, -0.25) is 0 Å². The lowest BCUT2D eigenvalue weighted by molar-refractivity contribution is 0.478. The van der Waals surface area contributed by atoms with Crippen molar-refractivity contribution < 1.29 is 8.78 Å². The first-order valence-corrected chi connectivity index (χ1v) is 3.49. The summed E-state index contributed by atoms with van der Waals surface area (Å²) in [5.41, 5.74) is -0.0432. The topological polar surface area (TPSA) is 25.8 Å². The van der Waals surface area contributed by atoms with Gasteiger partial charge in [-0.1, -0.05) is 11.6 Å². The Morgan fingerprint density at radius 3 is 2.45 bits per heavy atom. The van der Waals surface area contributed by atoms with Crippen LogP contribution in [0.1, 0.15) is 5.69 Å². The van der Waals surface area contributed by atoms with Crippen molar-refractivity contribution in [2.75, 3.05) is 0 Å². The largest absolute Gasteiger partial charge is 0.311 e. The second-order valence-corrected chi connectivity index (χ2v) is 2.32. The van der Waals surface area contributed by atoms with Crippen LogP contribution in [-0.4, -0.2) is 9.97 Å². The number of alkyl halides is 1. The molecule has 11 heavy (non-hydrogen) atoms. The highest BCUT2D eigenvalue weighted by Crippen LogP contribution is 2.17. The molecule has 0 bridgehead atoms. The van der Waals surface area contributed by atoms with Gasteiger partial charge in [-0.15, -0.1) is 11.6 Å². The minimum absolute atomic E-state index is 0.0432. The Labute approximate surface area is 71.2 Å². The van der Waals surface area contributed by atoms with E-state index in [1.54, 1.807) is 0 Å². The molecule has 1 aromatic rings. The molecule has 0 aliphatic carbocycles. The zero-order valence-corrected chi connectivity index (χ0v) is 6.63. The summed E-state index contributed by atoms with van der Waals surface area (Å²) in [6.45, 7) is 0. The second-order valence-electron chi connectivity index (χ2n) is 1.68. The first-order valence-electron chi connectivity index (χ1n) is 2.58. The number of nitrogens with zero attached hydrogens (tertiary/aromatic N) is 2. The molecule has 6 heteroatoms. The summed E-state index contributed by atoms with van der Waals surface area (Å²) < 4.78 is 24.7. The summed E-state index contributed by atoms with van der Waals surface area (Å²) in [5, 5.41) is -0.332. The normalized spacial score (nSPS) is 10.2. The van der Waals surface area contributed by atoms with Crippen LogP contribution in [0.25, 0.3) is 0 Å². The molecule has 0 unspecified atom stereocenters. The van der Waals surface area contributed by atoms with E-state index in [0.717, 1.165) is 0 Å². The monoisotopic (exact) mass is 198 g/mol. The van der Waals surface area contributed by atoms with Crippen molar-refractivity contribution >= 4 is 23.2 Å². The van der Waals surface area contributed by atoms with Gasteiger partial charge in [0.25, 0.3) is 0 Å². The van der Waals surface area contributed by atoms with E-state index >= 15 is 0 Å². The maximum atomic E-state index is 12.4. The van der Waals surface area contributed by atoms with Crippen LogP contribution in [0.4, 0.5) is 8.78 Å². The van der Waals surface area contributed by atoms with Crippen molar-refractivity contribution in [2.45, 2.75) is 5.88 Å². The first kappa shape index (κ1) is 8.62. The first-order chi connectivity index (χ1) is 5.15. The average Bonchev–Trinajstić information content (AvgIpc) is 1.96. The molecular formula is C5H2Cl2F2N2. The smallest absolute Gasteiger partial charge is 0.204 e. The standard InChI is InChI=1S/C5H2Cl2F2N2/c6-1-2-3(7)4(8)11-5(9)10-2/h1H2. The van der Waals surface area contributed by atoms with E-state index in [4.69, 9.17) is 23.2 Å². The Balaban J connectivity index is 3.24. The van der Waals surface area contributed by atoms with Crippen LogP contribution in [0.3, 0.4) is 0 Å². The Hall–Kier alpha value is -0.480. The van der Waals surface area contributed by atoms with Gasteiger partial charge in [0, 0.05) is 0 Å². The van der Waals surface area contributed by atoms with E-state index in [2.05, 4.69) is 9.97 Å². The zero-order chi connectivity index (χ0) is 8.43. The molecule has 0 amide bonds. The molecule has 0 atom stereocenters. The zero-order valence-electron chi connectivity index (χ0n) is 5.11. The van der Waals surface area contributed by atoms with E-state index < -0.39 is 12.0 Å².